The van der Waals surface area contributed by atoms with Crippen molar-refractivity contribution in [2.45, 2.75) is 26.7 Å². The first-order chi connectivity index (χ1) is 12.9. The van der Waals surface area contributed by atoms with Crippen molar-refractivity contribution < 1.29 is 19.5 Å². The molecule has 1 aliphatic heterocycles. The zero-order chi connectivity index (χ0) is 19.6. The standard InChI is InChI=1S/C20H22N2O4S/c1-12-13(2)27-11-17(12)18(23)21-16-5-3-14(4-6-16)19(24)22-9-7-15(8-10-22)20(25)26/h3-6,11,15H,7-10H2,1-2H3,(H,21,23)(H,25,26). The zero-order valence-corrected chi connectivity index (χ0v) is 16.1. The number of carbonyl (C=O) groups is 3. The Bertz CT molecular complexity index is 865. The normalized spacial score (nSPS) is 14.8. The van der Waals surface area contributed by atoms with Crippen LogP contribution in [0.15, 0.2) is 29.6 Å². The van der Waals surface area contributed by atoms with Crippen molar-refractivity contribution in [3.05, 3.63) is 51.2 Å². The highest BCUT2D eigenvalue weighted by Gasteiger charge is 2.27. The van der Waals surface area contributed by atoms with E-state index in [-0.39, 0.29) is 17.7 Å². The van der Waals surface area contributed by atoms with Crippen molar-refractivity contribution in [2.75, 3.05) is 18.4 Å². The highest BCUT2D eigenvalue weighted by Crippen LogP contribution is 2.23. The minimum absolute atomic E-state index is 0.110. The Labute approximate surface area is 161 Å². The van der Waals surface area contributed by atoms with E-state index in [1.807, 2.05) is 19.2 Å². The van der Waals surface area contributed by atoms with Gasteiger partial charge in [-0.2, -0.15) is 0 Å². The van der Waals surface area contributed by atoms with Gasteiger partial charge in [0.25, 0.3) is 11.8 Å². The number of carboxylic acids is 1. The number of hydrogen-bond donors (Lipinski definition) is 2. The quantitative estimate of drug-likeness (QED) is 0.841. The third-order valence-corrected chi connectivity index (χ3v) is 6.06. The molecule has 2 N–H and O–H groups in total. The van der Waals surface area contributed by atoms with Crippen molar-refractivity contribution in [1.29, 1.82) is 0 Å². The number of aliphatic carboxylic acids is 1. The Hall–Kier alpha value is -2.67. The van der Waals surface area contributed by atoms with Gasteiger partial charge in [-0.3, -0.25) is 14.4 Å². The van der Waals surface area contributed by atoms with Crippen LogP contribution in [0.5, 0.6) is 0 Å². The average molecular weight is 386 g/mol. The van der Waals surface area contributed by atoms with Gasteiger partial charge >= 0.3 is 5.97 Å². The highest BCUT2D eigenvalue weighted by atomic mass is 32.1. The molecule has 27 heavy (non-hydrogen) atoms. The summed E-state index contributed by atoms with van der Waals surface area (Å²) in [5.41, 5.74) is 2.81. The molecule has 0 spiro atoms. The van der Waals surface area contributed by atoms with E-state index in [1.165, 1.54) is 0 Å². The van der Waals surface area contributed by atoms with Crippen LogP contribution in [0.25, 0.3) is 0 Å². The molecule has 142 valence electrons. The van der Waals surface area contributed by atoms with Gasteiger partial charge in [0.05, 0.1) is 11.5 Å². The molecule has 0 saturated carbocycles. The van der Waals surface area contributed by atoms with E-state index in [4.69, 9.17) is 5.11 Å². The van der Waals surface area contributed by atoms with Crippen molar-refractivity contribution in [3.63, 3.8) is 0 Å². The largest absolute Gasteiger partial charge is 0.481 e. The van der Waals surface area contributed by atoms with Crippen LogP contribution in [0.2, 0.25) is 0 Å². The fourth-order valence-corrected chi connectivity index (χ4v) is 4.01. The Kier molecular flexibility index (Phi) is 5.60. The van der Waals surface area contributed by atoms with Gasteiger partial charge in [0.15, 0.2) is 0 Å². The molecular weight excluding hydrogens is 364 g/mol. The molecule has 1 fully saturated rings. The fourth-order valence-electron chi connectivity index (χ4n) is 3.14. The van der Waals surface area contributed by atoms with E-state index >= 15 is 0 Å². The summed E-state index contributed by atoms with van der Waals surface area (Å²) >= 11 is 1.55. The maximum absolute atomic E-state index is 12.6. The summed E-state index contributed by atoms with van der Waals surface area (Å²) < 4.78 is 0. The van der Waals surface area contributed by atoms with Gasteiger partial charge in [0, 0.05) is 34.6 Å². The van der Waals surface area contributed by atoms with Crippen molar-refractivity contribution in [2.24, 2.45) is 5.92 Å². The first-order valence-corrected chi connectivity index (χ1v) is 9.73. The number of hydrogen-bond acceptors (Lipinski definition) is 4. The smallest absolute Gasteiger partial charge is 0.306 e. The number of rotatable bonds is 4. The molecule has 0 radical (unpaired) electrons. The molecule has 2 heterocycles. The predicted octanol–water partition coefficient (Wildman–Crippen LogP) is 3.55. The molecule has 1 aromatic heterocycles. The summed E-state index contributed by atoms with van der Waals surface area (Å²) in [5.74, 6) is -1.43. The van der Waals surface area contributed by atoms with E-state index in [2.05, 4.69) is 5.32 Å². The summed E-state index contributed by atoms with van der Waals surface area (Å²) in [6, 6.07) is 6.80. The summed E-state index contributed by atoms with van der Waals surface area (Å²) in [6.45, 7) is 4.81. The molecule has 2 aromatic rings. The lowest BCUT2D eigenvalue weighted by atomic mass is 9.96. The van der Waals surface area contributed by atoms with Crippen LogP contribution in [-0.2, 0) is 4.79 Å². The number of nitrogens with one attached hydrogen (secondary N) is 1. The lowest BCUT2D eigenvalue weighted by Crippen LogP contribution is -2.40. The number of carboxylic acid groups (broad SMARTS) is 1. The minimum Gasteiger partial charge on any atom is -0.481 e. The monoisotopic (exact) mass is 386 g/mol. The van der Waals surface area contributed by atoms with Gasteiger partial charge < -0.3 is 15.3 Å². The van der Waals surface area contributed by atoms with Crippen molar-refractivity contribution >= 4 is 34.8 Å². The van der Waals surface area contributed by atoms with Crippen LogP contribution in [0.1, 0.15) is 44.0 Å². The van der Waals surface area contributed by atoms with Crippen LogP contribution in [-0.4, -0.2) is 40.9 Å². The second-order valence-electron chi connectivity index (χ2n) is 6.77. The summed E-state index contributed by atoms with van der Waals surface area (Å²) in [5, 5.41) is 13.7. The topological polar surface area (TPSA) is 86.7 Å². The van der Waals surface area contributed by atoms with Crippen LogP contribution in [0.4, 0.5) is 5.69 Å². The van der Waals surface area contributed by atoms with Crippen molar-refractivity contribution in [3.8, 4) is 0 Å². The summed E-state index contributed by atoms with van der Waals surface area (Å²) in [4.78, 5) is 38.8. The number of nitrogens with zero attached hydrogens (tertiary/aromatic N) is 1. The number of carbonyl (C=O) groups excluding carboxylic acids is 2. The van der Waals surface area contributed by atoms with E-state index in [1.54, 1.807) is 40.5 Å². The van der Waals surface area contributed by atoms with Crippen LogP contribution < -0.4 is 5.32 Å². The molecule has 7 heteroatoms. The van der Waals surface area contributed by atoms with Crippen LogP contribution in [0.3, 0.4) is 0 Å². The number of anilines is 1. The van der Waals surface area contributed by atoms with Gasteiger partial charge in [0.1, 0.15) is 0 Å². The highest BCUT2D eigenvalue weighted by molar-refractivity contribution is 7.10. The molecule has 0 atom stereocenters. The summed E-state index contributed by atoms with van der Waals surface area (Å²) in [7, 11) is 0. The maximum Gasteiger partial charge on any atom is 0.306 e. The first-order valence-electron chi connectivity index (χ1n) is 8.85. The minimum atomic E-state index is -0.793. The van der Waals surface area contributed by atoms with Gasteiger partial charge in [-0.25, -0.2) is 0 Å². The maximum atomic E-state index is 12.6. The lowest BCUT2D eigenvalue weighted by molar-refractivity contribution is -0.143. The molecule has 0 bridgehead atoms. The number of thiophene rings is 1. The average Bonchev–Trinajstić information content (AvgIpc) is 3.01. The van der Waals surface area contributed by atoms with Gasteiger partial charge in [0.2, 0.25) is 0 Å². The molecule has 1 saturated heterocycles. The number of likely N-dealkylation sites (tertiary alicyclic amines) is 1. The number of amides is 2. The zero-order valence-electron chi connectivity index (χ0n) is 15.3. The first kappa shape index (κ1) is 19.1. The predicted molar refractivity (Wildman–Crippen MR) is 104 cm³/mol. The van der Waals surface area contributed by atoms with E-state index in [0.717, 1.165) is 10.4 Å². The molecule has 1 aromatic carbocycles. The Balaban J connectivity index is 1.62. The van der Waals surface area contributed by atoms with E-state index < -0.39 is 5.97 Å². The van der Waals surface area contributed by atoms with E-state index in [0.29, 0.717) is 42.7 Å². The lowest BCUT2D eigenvalue weighted by Gasteiger charge is -2.30. The molecule has 0 unspecified atom stereocenters. The summed E-state index contributed by atoms with van der Waals surface area (Å²) in [6.07, 6.45) is 0.962. The number of benzene rings is 1. The molecule has 6 nitrogen and oxygen atoms in total. The molecule has 2 amide bonds. The molecule has 1 aliphatic rings. The van der Waals surface area contributed by atoms with Gasteiger partial charge in [-0.1, -0.05) is 0 Å². The second kappa shape index (κ2) is 7.92. The molecular formula is C20H22N2O4S. The molecule has 0 aliphatic carbocycles. The third-order valence-electron chi connectivity index (χ3n) is 5.05. The Morgan fingerprint density at radius 3 is 2.26 bits per heavy atom. The Morgan fingerprint density at radius 1 is 1.11 bits per heavy atom. The van der Waals surface area contributed by atoms with Gasteiger partial charge in [-0.15, -0.1) is 11.3 Å². The third kappa shape index (κ3) is 4.19. The molecule has 3 rings (SSSR count). The van der Waals surface area contributed by atoms with Crippen LogP contribution >= 0.6 is 11.3 Å². The van der Waals surface area contributed by atoms with Crippen LogP contribution in [0, 0.1) is 19.8 Å². The fraction of sp³-hybridized carbons (Fsp3) is 0.350. The van der Waals surface area contributed by atoms with E-state index in [9.17, 15) is 14.4 Å². The second-order valence-corrected chi connectivity index (χ2v) is 7.85. The Morgan fingerprint density at radius 2 is 1.74 bits per heavy atom. The SMILES string of the molecule is Cc1scc(C(=O)Nc2ccc(C(=O)N3CCC(C(=O)O)CC3)cc2)c1C. The van der Waals surface area contributed by atoms with Crippen molar-refractivity contribution in [1.82, 2.24) is 4.90 Å². The number of aryl methyl sites for hydroxylation is 1. The van der Waals surface area contributed by atoms with Gasteiger partial charge in [-0.05, 0) is 56.5 Å². The number of piperidine rings is 1.